The van der Waals surface area contributed by atoms with Gasteiger partial charge in [0.2, 0.25) is 11.8 Å². The van der Waals surface area contributed by atoms with Gasteiger partial charge in [0.1, 0.15) is 6.04 Å². The summed E-state index contributed by atoms with van der Waals surface area (Å²) < 4.78 is 5.41. The molecule has 0 aliphatic carbocycles. The van der Waals surface area contributed by atoms with E-state index in [1.165, 1.54) is 5.56 Å². The van der Waals surface area contributed by atoms with Crippen LogP contribution in [0.15, 0.2) is 28.8 Å². The maximum Gasteiger partial charge on any atom is 0.249 e. The van der Waals surface area contributed by atoms with E-state index in [1.54, 1.807) is 0 Å². The highest BCUT2D eigenvalue weighted by molar-refractivity contribution is 5.78. The summed E-state index contributed by atoms with van der Waals surface area (Å²) in [5, 5.41) is 4.02. The number of hydrogen-bond acceptors (Lipinski definition) is 4. The lowest BCUT2D eigenvalue weighted by molar-refractivity contribution is -0.129. The van der Waals surface area contributed by atoms with Crippen molar-refractivity contribution in [3.63, 3.8) is 0 Å². The van der Waals surface area contributed by atoms with Crippen LogP contribution in [0.4, 0.5) is 0 Å². The molecule has 1 amide bonds. The molecule has 1 saturated heterocycles. The monoisotopic (exact) mass is 327 g/mol. The van der Waals surface area contributed by atoms with Gasteiger partial charge in [-0.2, -0.15) is 4.98 Å². The van der Waals surface area contributed by atoms with Crippen LogP contribution in [0.3, 0.4) is 0 Å². The molecule has 1 aliphatic heterocycles. The summed E-state index contributed by atoms with van der Waals surface area (Å²) in [4.78, 5) is 18.6. The predicted octanol–water partition coefficient (Wildman–Crippen LogP) is 4.01. The molecule has 2 heterocycles. The van der Waals surface area contributed by atoms with Gasteiger partial charge in [-0.25, -0.2) is 0 Å². The van der Waals surface area contributed by atoms with E-state index in [4.69, 9.17) is 4.52 Å². The molecule has 5 nitrogen and oxygen atoms in total. The van der Waals surface area contributed by atoms with Gasteiger partial charge in [0.15, 0.2) is 5.82 Å². The zero-order chi connectivity index (χ0) is 17.1. The molecule has 24 heavy (non-hydrogen) atoms. The van der Waals surface area contributed by atoms with Crippen LogP contribution in [0.2, 0.25) is 0 Å². The highest BCUT2D eigenvalue weighted by atomic mass is 16.5. The largest absolute Gasteiger partial charge is 0.337 e. The summed E-state index contributed by atoms with van der Waals surface area (Å²) in [5.74, 6) is 1.97. The van der Waals surface area contributed by atoms with Crippen molar-refractivity contribution < 1.29 is 9.32 Å². The molecule has 1 atom stereocenters. The number of carbonyl (C=O) groups is 1. The van der Waals surface area contributed by atoms with Gasteiger partial charge in [0.05, 0.1) is 0 Å². The Morgan fingerprint density at radius 2 is 2.04 bits per heavy atom. The smallest absolute Gasteiger partial charge is 0.249 e. The fourth-order valence-corrected chi connectivity index (χ4v) is 3.12. The Hall–Kier alpha value is -2.17. The average molecular weight is 327 g/mol. The van der Waals surface area contributed by atoms with Gasteiger partial charge >= 0.3 is 0 Å². The molecular formula is C19H25N3O2. The fourth-order valence-electron chi connectivity index (χ4n) is 3.12. The molecular weight excluding hydrogens is 302 g/mol. The molecule has 2 aromatic rings. The Morgan fingerprint density at radius 1 is 1.29 bits per heavy atom. The number of carbonyl (C=O) groups excluding carboxylic acids is 1. The third-order valence-electron chi connectivity index (χ3n) is 4.57. The van der Waals surface area contributed by atoms with E-state index in [2.05, 4.69) is 55.2 Å². The summed E-state index contributed by atoms with van der Waals surface area (Å²) in [6.45, 7) is 7.03. The van der Waals surface area contributed by atoms with E-state index in [9.17, 15) is 4.79 Å². The lowest BCUT2D eigenvalue weighted by Gasteiger charge is -2.22. The Bertz CT molecular complexity index is 691. The minimum absolute atomic E-state index is 0.0969. The lowest BCUT2D eigenvalue weighted by Crippen LogP contribution is -2.27. The number of nitrogens with zero attached hydrogens (tertiary/aromatic N) is 3. The van der Waals surface area contributed by atoms with Crippen molar-refractivity contribution in [2.45, 2.75) is 65.0 Å². The van der Waals surface area contributed by atoms with Gasteiger partial charge < -0.3 is 9.42 Å². The SMILES string of the molecule is CCCc1noc(C2CCC(=O)N2Cc2ccc(C(C)C)cc2)n1. The van der Waals surface area contributed by atoms with Crippen molar-refractivity contribution in [2.24, 2.45) is 0 Å². The molecule has 5 heteroatoms. The highest BCUT2D eigenvalue weighted by Crippen LogP contribution is 2.33. The Kier molecular flexibility index (Phi) is 4.97. The van der Waals surface area contributed by atoms with Crippen molar-refractivity contribution in [1.82, 2.24) is 15.0 Å². The second-order valence-corrected chi connectivity index (χ2v) is 6.77. The van der Waals surface area contributed by atoms with Gasteiger partial charge in [-0.1, -0.05) is 50.2 Å². The van der Waals surface area contributed by atoms with Gasteiger partial charge in [0, 0.05) is 19.4 Å². The number of hydrogen-bond donors (Lipinski definition) is 0. The van der Waals surface area contributed by atoms with E-state index < -0.39 is 0 Å². The Morgan fingerprint density at radius 3 is 2.71 bits per heavy atom. The summed E-state index contributed by atoms with van der Waals surface area (Å²) in [6, 6.07) is 8.40. The number of benzene rings is 1. The Balaban J connectivity index is 1.75. The molecule has 1 aliphatic rings. The molecule has 128 valence electrons. The van der Waals surface area contributed by atoms with Crippen LogP contribution in [0.1, 0.15) is 74.8 Å². The van der Waals surface area contributed by atoms with Gasteiger partial charge in [-0.3, -0.25) is 4.79 Å². The summed E-state index contributed by atoms with van der Waals surface area (Å²) in [7, 11) is 0. The third-order valence-corrected chi connectivity index (χ3v) is 4.57. The predicted molar refractivity (Wildman–Crippen MR) is 91.3 cm³/mol. The van der Waals surface area contributed by atoms with Crippen molar-refractivity contribution in [1.29, 1.82) is 0 Å². The van der Waals surface area contributed by atoms with Gasteiger partial charge in [-0.15, -0.1) is 0 Å². The van der Waals surface area contributed by atoms with E-state index in [-0.39, 0.29) is 11.9 Å². The molecule has 1 unspecified atom stereocenters. The molecule has 0 N–H and O–H groups in total. The minimum Gasteiger partial charge on any atom is -0.337 e. The average Bonchev–Trinajstić information content (AvgIpc) is 3.16. The van der Waals surface area contributed by atoms with Crippen LogP contribution < -0.4 is 0 Å². The number of rotatable bonds is 6. The zero-order valence-electron chi connectivity index (χ0n) is 14.7. The topological polar surface area (TPSA) is 59.2 Å². The van der Waals surface area contributed by atoms with E-state index >= 15 is 0 Å². The quantitative estimate of drug-likeness (QED) is 0.804. The van der Waals surface area contributed by atoms with Crippen molar-refractivity contribution >= 4 is 5.91 Å². The maximum atomic E-state index is 12.3. The van der Waals surface area contributed by atoms with Crippen molar-refractivity contribution in [3.05, 3.63) is 47.1 Å². The van der Waals surface area contributed by atoms with Crippen LogP contribution in [-0.2, 0) is 17.8 Å². The standard InChI is InChI=1S/C19H25N3O2/c1-4-5-17-20-19(24-21-17)16-10-11-18(23)22(16)12-14-6-8-15(9-7-14)13(2)3/h6-9,13,16H,4-5,10-12H2,1-3H3. The van der Waals surface area contributed by atoms with Crippen molar-refractivity contribution in [3.8, 4) is 0 Å². The van der Waals surface area contributed by atoms with E-state index in [0.717, 1.165) is 30.7 Å². The molecule has 0 radical (unpaired) electrons. The van der Waals surface area contributed by atoms with Crippen LogP contribution in [-0.4, -0.2) is 20.9 Å². The lowest BCUT2D eigenvalue weighted by atomic mass is 10.0. The molecule has 0 bridgehead atoms. The van der Waals surface area contributed by atoms with E-state index in [1.807, 2.05) is 4.90 Å². The van der Waals surface area contributed by atoms with Crippen LogP contribution in [0.25, 0.3) is 0 Å². The molecule has 3 rings (SSSR count). The molecule has 1 aromatic carbocycles. The van der Waals surface area contributed by atoms with Crippen LogP contribution in [0.5, 0.6) is 0 Å². The fraction of sp³-hybridized carbons (Fsp3) is 0.526. The van der Waals surface area contributed by atoms with Crippen LogP contribution in [0, 0.1) is 0 Å². The number of amides is 1. The Labute approximate surface area is 143 Å². The molecule has 0 saturated carbocycles. The van der Waals surface area contributed by atoms with E-state index in [0.29, 0.717) is 24.8 Å². The van der Waals surface area contributed by atoms with Crippen LogP contribution >= 0.6 is 0 Å². The first-order valence-corrected chi connectivity index (χ1v) is 8.79. The number of likely N-dealkylation sites (tertiary alicyclic amines) is 1. The maximum absolute atomic E-state index is 12.3. The number of aromatic nitrogens is 2. The highest BCUT2D eigenvalue weighted by Gasteiger charge is 2.35. The summed E-state index contributed by atoms with van der Waals surface area (Å²) >= 11 is 0. The second kappa shape index (κ2) is 7.16. The van der Waals surface area contributed by atoms with Gasteiger partial charge in [0.25, 0.3) is 0 Å². The molecule has 0 spiro atoms. The molecule has 1 aromatic heterocycles. The molecule has 1 fully saturated rings. The first-order chi connectivity index (χ1) is 11.6. The summed E-state index contributed by atoms with van der Waals surface area (Å²) in [6.07, 6.45) is 3.08. The first kappa shape index (κ1) is 16.7. The minimum atomic E-state index is -0.0969. The second-order valence-electron chi connectivity index (χ2n) is 6.77. The zero-order valence-corrected chi connectivity index (χ0v) is 14.7. The normalized spacial score (nSPS) is 17.9. The number of aryl methyl sites for hydroxylation is 1. The van der Waals surface area contributed by atoms with Gasteiger partial charge in [-0.05, 0) is 29.9 Å². The summed E-state index contributed by atoms with van der Waals surface area (Å²) in [5.41, 5.74) is 2.44. The third kappa shape index (κ3) is 3.50. The van der Waals surface area contributed by atoms with Crippen molar-refractivity contribution in [2.75, 3.05) is 0 Å². The first-order valence-electron chi connectivity index (χ1n) is 8.79.